The van der Waals surface area contributed by atoms with Gasteiger partial charge in [0, 0.05) is 19.7 Å². The molecule has 1 aromatic carbocycles. The smallest absolute Gasteiger partial charge is 0.119 e. The molecule has 4 nitrogen and oxygen atoms in total. The minimum atomic E-state index is 0.310. The molecule has 2 rings (SSSR count). The number of nitrogens with zero attached hydrogens (tertiary/aromatic N) is 1. The molecule has 0 saturated carbocycles. The van der Waals surface area contributed by atoms with Gasteiger partial charge in [0.15, 0.2) is 0 Å². The van der Waals surface area contributed by atoms with Crippen molar-refractivity contribution >= 4 is 0 Å². The summed E-state index contributed by atoms with van der Waals surface area (Å²) in [6, 6.07) is 8.30. The molecule has 1 aliphatic heterocycles. The van der Waals surface area contributed by atoms with Crippen molar-refractivity contribution in [3.63, 3.8) is 0 Å². The van der Waals surface area contributed by atoms with Gasteiger partial charge >= 0.3 is 0 Å². The lowest BCUT2D eigenvalue weighted by atomic mass is 9.98. The van der Waals surface area contributed by atoms with Crippen molar-refractivity contribution in [1.82, 2.24) is 4.90 Å². The first-order valence-electron chi connectivity index (χ1n) is 7.57. The molecule has 0 aliphatic carbocycles. The topological polar surface area (TPSA) is 58.7 Å². The molecule has 0 aromatic heterocycles. The van der Waals surface area contributed by atoms with Gasteiger partial charge in [-0.05, 0) is 56.0 Å². The van der Waals surface area contributed by atoms with Crippen LogP contribution in [0.1, 0.15) is 24.8 Å². The average Bonchev–Trinajstić information content (AvgIpc) is 2.49. The molecule has 1 aromatic rings. The van der Waals surface area contributed by atoms with Crippen molar-refractivity contribution in [2.24, 2.45) is 11.7 Å². The summed E-state index contributed by atoms with van der Waals surface area (Å²) < 4.78 is 5.60. The Bertz CT molecular complexity index is 381. The van der Waals surface area contributed by atoms with Gasteiger partial charge in [-0.3, -0.25) is 4.90 Å². The van der Waals surface area contributed by atoms with E-state index >= 15 is 0 Å². The first kappa shape index (κ1) is 15.3. The van der Waals surface area contributed by atoms with Gasteiger partial charge < -0.3 is 15.6 Å². The molecule has 20 heavy (non-hydrogen) atoms. The maximum atomic E-state index is 9.26. The number of hydrogen-bond acceptors (Lipinski definition) is 4. The maximum absolute atomic E-state index is 9.26. The third-order valence-corrected chi connectivity index (χ3v) is 3.81. The number of ether oxygens (including phenoxy) is 1. The highest BCUT2D eigenvalue weighted by Crippen LogP contribution is 2.19. The Hall–Kier alpha value is -1.10. The molecule has 1 unspecified atom stereocenters. The van der Waals surface area contributed by atoms with Gasteiger partial charge in [0.2, 0.25) is 0 Å². The molecule has 3 N–H and O–H groups in total. The summed E-state index contributed by atoms with van der Waals surface area (Å²) in [6.45, 7) is 4.75. The van der Waals surface area contributed by atoms with E-state index in [0.717, 1.165) is 38.2 Å². The second-order valence-corrected chi connectivity index (χ2v) is 5.56. The molecule has 1 atom stereocenters. The van der Waals surface area contributed by atoms with Crippen LogP contribution in [0.3, 0.4) is 0 Å². The van der Waals surface area contributed by atoms with Gasteiger partial charge in [-0.1, -0.05) is 12.1 Å². The summed E-state index contributed by atoms with van der Waals surface area (Å²) in [5.41, 5.74) is 6.74. The van der Waals surface area contributed by atoms with Crippen LogP contribution < -0.4 is 10.5 Å². The first-order chi connectivity index (χ1) is 9.81. The zero-order chi connectivity index (χ0) is 14.2. The molecule has 112 valence electrons. The normalized spacial score (nSPS) is 20.0. The van der Waals surface area contributed by atoms with Crippen molar-refractivity contribution < 1.29 is 9.84 Å². The second kappa shape index (κ2) is 8.25. The van der Waals surface area contributed by atoms with Crippen molar-refractivity contribution in [1.29, 1.82) is 0 Å². The monoisotopic (exact) mass is 278 g/mol. The van der Waals surface area contributed by atoms with Gasteiger partial charge in [0.1, 0.15) is 5.75 Å². The Morgan fingerprint density at radius 1 is 1.30 bits per heavy atom. The fourth-order valence-electron chi connectivity index (χ4n) is 2.67. The van der Waals surface area contributed by atoms with Gasteiger partial charge in [-0.25, -0.2) is 0 Å². The minimum absolute atomic E-state index is 0.310. The zero-order valence-corrected chi connectivity index (χ0v) is 12.1. The standard InChI is InChI=1S/C16H26N2O2/c17-8-2-10-20-16-6-4-14(5-7-16)11-18-9-1-3-15(12-18)13-19/h4-7,15,19H,1-3,8-13,17H2. The van der Waals surface area contributed by atoms with E-state index in [2.05, 4.69) is 17.0 Å². The molecule has 1 aliphatic rings. The third-order valence-electron chi connectivity index (χ3n) is 3.81. The third kappa shape index (κ3) is 4.78. The highest BCUT2D eigenvalue weighted by Gasteiger charge is 2.18. The van der Waals surface area contributed by atoms with Crippen molar-refractivity contribution in [2.75, 3.05) is 32.8 Å². The fourth-order valence-corrected chi connectivity index (χ4v) is 2.67. The van der Waals surface area contributed by atoms with E-state index in [1.54, 1.807) is 0 Å². The molecule has 0 bridgehead atoms. The van der Waals surface area contributed by atoms with E-state index in [1.807, 2.05) is 12.1 Å². The molecule has 0 amide bonds. The Labute approximate surface area is 121 Å². The SMILES string of the molecule is NCCCOc1ccc(CN2CCCC(CO)C2)cc1. The van der Waals surface area contributed by atoms with E-state index in [0.29, 0.717) is 25.7 Å². The van der Waals surface area contributed by atoms with Crippen molar-refractivity contribution in [2.45, 2.75) is 25.8 Å². The molecular formula is C16H26N2O2. The van der Waals surface area contributed by atoms with Crippen LogP contribution in [0.15, 0.2) is 24.3 Å². The summed E-state index contributed by atoms with van der Waals surface area (Å²) in [5.74, 6) is 1.36. The molecule has 1 saturated heterocycles. The number of piperidine rings is 1. The lowest BCUT2D eigenvalue weighted by Crippen LogP contribution is -2.36. The average molecular weight is 278 g/mol. The van der Waals surface area contributed by atoms with Crippen LogP contribution in [0, 0.1) is 5.92 Å². The number of nitrogens with two attached hydrogens (primary N) is 1. The molecule has 0 spiro atoms. The molecule has 4 heteroatoms. The number of benzene rings is 1. The largest absolute Gasteiger partial charge is 0.494 e. The van der Waals surface area contributed by atoms with Gasteiger partial charge in [-0.2, -0.15) is 0 Å². The fraction of sp³-hybridized carbons (Fsp3) is 0.625. The molecule has 1 fully saturated rings. The van der Waals surface area contributed by atoms with Gasteiger partial charge in [0.25, 0.3) is 0 Å². The summed E-state index contributed by atoms with van der Waals surface area (Å²) >= 11 is 0. The van der Waals surface area contributed by atoms with Crippen LogP contribution in [-0.4, -0.2) is 42.9 Å². The summed E-state index contributed by atoms with van der Waals surface area (Å²) in [5, 5.41) is 9.26. The number of rotatable bonds is 7. The Kier molecular flexibility index (Phi) is 6.30. The molecule has 1 heterocycles. The maximum Gasteiger partial charge on any atom is 0.119 e. The predicted octanol–water partition coefficient (Wildman–Crippen LogP) is 1.62. The number of aliphatic hydroxyl groups excluding tert-OH is 1. The molecule has 0 radical (unpaired) electrons. The van der Waals surface area contributed by atoms with E-state index in [1.165, 1.54) is 12.0 Å². The van der Waals surface area contributed by atoms with E-state index in [-0.39, 0.29) is 0 Å². The van der Waals surface area contributed by atoms with Crippen molar-refractivity contribution in [3.05, 3.63) is 29.8 Å². The number of aliphatic hydroxyl groups is 1. The van der Waals surface area contributed by atoms with Crippen molar-refractivity contribution in [3.8, 4) is 5.75 Å². The van der Waals surface area contributed by atoms with Crippen LogP contribution in [0.25, 0.3) is 0 Å². The highest BCUT2D eigenvalue weighted by molar-refractivity contribution is 5.27. The van der Waals surface area contributed by atoms with E-state index in [4.69, 9.17) is 10.5 Å². The van der Waals surface area contributed by atoms with Gasteiger partial charge in [0.05, 0.1) is 6.61 Å². The van der Waals surface area contributed by atoms with Crippen LogP contribution in [0.5, 0.6) is 5.75 Å². The number of likely N-dealkylation sites (tertiary alicyclic amines) is 1. The van der Waals surface area contributed by atoms with Crippen LogP contribution in [0.2, 0.25) is 0 Å². The lowest BCUT2D eigenvalue weighted by Gasteiger charge is -2.31. The highest BCUT2D eigenvalue weighted by atomic mass is 16.5. The second-order valence-electron chi connectivity index (χ2n) is 5.56. The summed E-state index contributed by atoms with van der Waals surface area (Å²) in [4.78, 5) is 2.43. The van der Waals surface area contributed by atoms with Crippen LogP contribution in [0.4, 0.5) is 0 Å². The summed E-state index contributed by atoms with van der Waals surface area (Å²) in [7, 11) is 0. The first-order valence-corrected chi connectivity index (χ1v) is 7.57. The quantitative estimate of drug-likeness (QED) is 0.744. The van der Waals surface area contributed by atoms with Crippen LogP contribution >= 0.6 is 0 Å². The lowest BCUT2D eigenvalue weighted by molar-refractivity contribution is 0.116. The van der Waals surface area contributed by atoms with Crippen LogP contribution in [-0.2, 0) is 6.54 Å². The van der Waals surface area contributed by atoms with E-state index in [9.17, 15) is 5.11 Å². The summed E-state index contributed by atoms with van der Waals surface area (Å²) in [6.07, 6.45) is 3.23. The number of hydrogen-bond donors (Lipinski definition) is 2. The predicted molar refractivity (Wildman–Crippen MR) is 80.7 cm³/mol. The van der Waals surface area contributed by atoms with Gasteiger partial charge in [-0.15, -0.1) is 0 Å². The molecular weight excluding hydrogens is 252 g/mol. The zero-order valence-electron chi connectivity index (χ0n) is 12.1. The van der Waals surface area contributed by atoms with E-state index < -0.39 is 0 Å². The Balaban J connectivity index is 1.80. The Morgan fingerprint density at radius 3 is 2.80 bits per heavy atom. The minimum Gasteiger partial charge on any atom is -0.494 e. The Morgan fingerprint density at radius 2 is 2.10 bits per heavy atom.